The van der Waals surface area contributed by atoms with Crippen molar-refractivity contribution in [2.24, 2.45) is 9.98 Å². The van der Waals surface area contributed by atoms with Crippen LogP contribution >= 0.6 is 0 Å². The van der Waals surface area contributed by atoms with Crippen molar-refractivity contribution in [1.29, 1.82) is 0 Å². The van der Waals surface area contributed by atoms with Gasteiger partial charge in [0.15, 0.2) is 23.0 Å². The average Bonchev–Trinajstić information content (AvgIpc) is 3.86. The van der Waals surface area contributed by atoms with E-state index in [0.29, 0.717) is 104 Å². The summed E-state index contributed by atoms with van der Waals surface area (Å²) in [5.74, 6) is 1.47. The van der Waals surface area contributed by atoms with Crippen LogP contribution in [-0.2, 0) is 60.9 Å². The second kappa shape index (κ2) is 21.6. The Morgan fingerprint density at radius 3 is 1.65 bits per heavy atom. The van der Waals surface area contributed by atoms with Gasteiger partial charge in [0.1, 0.15) is 13.2 Å². The predicted octanol–water partition coefficient (Wildman–Crippen LogP) is 8.02. The lowest BCUT2D eigenvalue weighted by Crippen LogP contribution is -2.37. The van der Waals surface area contributed by atoms with Gasteiger partial charge in [0.2, 0.25) is 0 Å². The monoisotopic (exact) mass is 971 g/mol. The molecule has 14 nitrogen and oxygen atoms in total. The first-order chi connectivity index (χ1) is 33.6. The molecule has 1 unspecified atom stereocenters. The Hall–Kier alpha value is -6.17. The summed E-state index contributed by atoms with van der Waals surface area (Å²) in [5, 5.41) is 0.213. The molecule has 5 aromatic carbocycles. The van der Waals surface area contributed by atoms with Gasteiger partial charge in [-0.25, -0.2) is 0 Å². The number of aliphatic imine (C=N–C) groups is 2. The highest BCUT2D eigenvalue weighted by atomic mass is 32.8. The molecule has 0 saturated heterocycles. The van der Waals surface area contributed by atoms with E-state index in [4.69, 9.17) is 54.3 Å². The zero-order chi connectivity index (χ0) is 48.0. The van der Waals surface area contributed by atoms with Crippen LogP contribution < -0.4 is 33.6 Å². The van der Waals surface area contributed by atoms with Crippen LogP contribution in [0.5, 0.6) is 23.0 Å². The molecule has 0 saturated carbocycles. The Labute approximate surface area is 410 Å². The molecule has 0 aliphatic carbocycles. The van der Waals surface area contributed by atoms with Crippen LogP contribution in [0.4, 0.5) is 28.4 Å². The number of fused-ring (bicyclic) bond motifs is 8. The lowest BCUT2D eigenvalue weighted by Gasteiger charge is -2.29. The highest BCUT2D eigenvalue weighted by molar-refractivity contribution is 8.28. The van der Waals surface area contributed by atoms with Crippen molar-refractivity contribution in [3.05, 3.63) is 124 Å². The predicted molar refractivity (Wildman–Crippen MR) is 275 cm³/mol. The van der Waals surface area contributed by atoms with Crippen molar-refractivity contribution in [1.82, 2.24) is 0 Å². The van der Waals surface area contributed by atoms with E-state index in [0.717, 1.165) is 39.3 Å². The maximum Gasteiger partial charge on any atom is 0.261 e. The molecule has 0 N–H and O–H groups in total. The molecule has 0 bridgehead atoms. The molecule has 16 heteroatoms. The Bertz CT molecular complexity index is 2640. The number of methoxy groups -OCH3 is 3. The van der Waals surface area contributed by atoms with E-state index in [9.17, 15) is 9.59 Å². The molecule has 0 spiro atoms. The van der Waals surface area contributed by atoms with Crippen molar-refractivity contribution < 1.29 is 42.7 Å². The SMILES string of the molecule is COCCOCCOCCN(C[C@H](C)S(C)=S)c1cc(COc2cc3c(cc2OC)C(=O)N2c4ccccc4C[C@H]2C=N3)cc(COc2cc3c(cc2OC)C(=O)N2c4ccccc4C[C@H]2C=N3)c1. The Morgan fingerprint density at radius 2 is 1.16 bits per heavy atom. The summed E-state index contributed by atoms with van der Waals surface area (Å²) in [7, 11) is 4.52. The molecule has 4 aliphatic rings. The molecule has 4 atom stereocenters. The van der Waals surface area contributed by atoms with Crippen LogP contribution in [0.15, 0.2) is 101 Å². The molecule has 9 rings (SSSR count). The zero-order valence-electron chi connectivity index (χ0n) is 39.6. The topological polar surface area (TPSA) is 133 Å². The van der Waals surface area contributed by atoms with E-state index in [2.05, 4.69) is 42.3 Å². The first-order valence-corrected chi connectivity index (χ1v) is 25.7. The van der Waals surface area contributed by atoms with Crippen molar-refractivity contribution >= 4 is 73.3 Å². The summed E-state index contributed by atoms with van der Waals surface area (Å²) in [6, 6.07) is 28.8. The minimum atomic E-state index is -0.264. The molecule has 5 aromatic rings. The molecular weight excluding hydrogens is 915 g/mol. The quantitative estimate of drug-likeness (QED) is 0.0663. The van der Waals surface area contributed by atoms with Gasteiger partial charge in [-0.1, -0.05) is 54.5 Å². The summed E-state index contributed by atoms with van der Waals surface area (Å²) in [4.78, 5) is 43.8. The molecule has 4 aliphatic heterocycles. The lowest BCUT2D eigenvalue weighted by atomic mass is 10.1. The van der Waals surface area contributed by atoms with Crippen LogP contribution in [0.2, 0.25) is 0 Å². The Morgan fingerprint density at radius 1 is 0.667 bits per heavy atom. The van der Waals surface area contributed by atoms with E-state index >= 15 is 0 Å². The number of para-hydroxylation sites is 2. The molecular formula is C53H57N5O9S2. The number of hydrogen-bond acceptors (Lipinski definition) is 13. The molecule has 0 aromatic heterocycles. The summed E-state index contributed by atoms with van der Waals surface area (Å²) in [5.41, 5.74) is 8.59. The third-order valence-electron chi connectivity index (χ3n) is 12.8. The number of nitrogens with zero attached hydrogens (tertiary/aromatic N) is 5. The standard InChI is InChI=1S/C53H57N5O9S2/c1-34(69(5)68)31-56(14-15-64-18-19-65-17-16-61-2)39-21-35(32-66-50-27-44-42(25-48(50)62-3)52(59)57-40(29-54-44)23-37-10-6-8-12-46(37)57)20-36(22-39)33-67-51-28-45-43(26-49(51)63-4)53(60)58-41(30-55-45)24-38-11-7-9-13-47(38)58/h6-13,20-22,25-30,34,40-41H,14-19,23-24,31-33H2,1-5H3/t34-,40-,41-,69?/m0/s1. The molecule has 360 valence electrons. The first-order valence-electron chi connectivity index (χ1n) is 23.1. The molecule has 69 heavy (non-hydrogen) atoms. The van der Waals surface area contributed by atoms with Crippen LogP contribution in [-0.4, -0.2) is 115 Å². The van der Waals surface area contributed by atoms with Crippen LogP contribution in [0, 0.1) is 0 Å². The van der Waals surface area contributed by atoms with Crippen LogP contribution in [0.1, 0.15) is 49.9 Å². The number of rotatable bonds is 21. The van der Waals surface area contributed by atoms with Crippen LogP contribution in [0.25, 0.3) is 0 Å². The first kappa shape index (κ1) is 47.9. The third-order valence-corrected chi connectivity index (χ3v) is 15.1. The maximum absolute atomic E-state index is 14.1. The van der Waals surface area contributed by atoms with E-state index < -0.39 is 0 Å². The van der Waals surface area contributed by atoms with E-state index in [-0.39, 0.29) is 51.8 Å². The summed E-state index contributed by atoms with van der Waals surface area (Å²) in [6.07, 6.45) is 7.16. The maximum atomic E-state index is 14.1. The molecule has 4 heterocycles. The highest BCUT2D eigenvalue weighted by Crippen LogP contribution is 2.43. The van der Waals surface area contributed by atoms with Crippen molar-refractivity contribution in [3.8, 4) is 23.0 Å². The summed E-state index contributed by atoms with van der Waals surface area (Å²) in [6.45, 7) is 6.21. The second-order valence-corrected chi connectivity index (χ2v) is 20.7. The van der Waals surface area contributed by atoms with E-state index in [1.165, 1.54) is 0 Å². The molecule has 0 fully saturated rings. The fourth-order valence-corrected chi connectivity index (χ4v) is 9.74. The third kappa shape index (κ3) is 10.4. The fourth-order valence-electron chi connectivity index (χ4n) is 9.17. The summed E-state index contributed by atoms with van der Waals surface area (Å²) < 4.78 is 41.6. The van der Waals surface area contributed by atoms with Gasteiger partial charge in [0.05, 0.1) is 81.8 Å². The number of ether oxygens (including phenoxy) is 7. The van der Waals surface area contributed by atoms with Gasteiger partial charge in [-0.2, -0.15) is 0 Å². The second-order valence-electron chi connectivity index (χ2n) is 17.3. The van der Waals surface area contributed by atoms with Gasteiger partial charge in [-0.05, 0) is 71.0 Å². The Balaban J connectivity index is 0.996. The van der Waals surface area contributed by atoms with Gasteiger partial charge < -0.3 is 38.1 Å². The number of benzene rings is 5. The van der Waals surface area contributed by atoms with Gasteiger partial charge in [0.25, 0.3) is 11.8 Å². The van der Waals surface area contributed by atoms with Crippen molar-refractivity contribution in [2.45, 2.75) is 50.3 Å². The number of anilines is 3. The molecule has 0 radical (unpaired) electrons. The summed E-state index contributed by atoms with van der Waals surface area (Å²) >= 11 is 5.77. The van der Waals surface area contributed by atoms with Gasteiger partial charge in [-0.15, -0.1) is 9.45 Å². The molecule has 2 amide bonds. The smallest absolute Gasteiger partial charge is 0.261 e. The van der Waals surface area contributed by atoms with E-state index in [1.54, 1.807) is 45.6 Å². The number of amides is 2. The minimum absolute atomic E-state index is 0.138. The fraction of sp³-hybridized carbons (Fsp3) is 0.358. The van der Waals surface area contributed by atoms with Crippen LogP contribution in [0.3, 0.4) is 0 Å². The van der Waals surface area contributed by atoms with Crippen molar-refractivity contribution in [2.75, 3.05) is 88.4 Å². The number of carbonyl (C=O) groups is 2. The highest BCUT2D eigenvalue weighted by Gasteiger charge is 2.38. The van der Waals surface area contributed by atoms with Gasteiger partial charge in [0, 0.05) is 79.9 Å². The Kier molecular flexibility index (Phi) is 15.0. The lowest BCUT2D eigenvalue weighted by molar-refractivity contribution is 0.0264. The minimum Gasteiger partial charge on any atom is -0.493 e. The normalized spacial score (nSPS) is 17.2. The van der Waals surface area contributed by atoms with Gasteiger partial charge in [-0.3, -0.25) is 29.4 Å². The van der Waals surface area contributed by atoms with Gasteiger partial charge >= 0.3 is 0 Å². The largest absolute Gasteiger partial charge is 0.493 e. The average molecular weight is 972 g/mol. The number of hydrogen-bond donors (Lipinski definition) is 0. The van der Waals surface area contributed by atoms with E-state index in [1.807, 2.05) is 64.7 Å². The van der Waals surface area contributed by atoms with Crippen molar-refractivity contribution in [3.63, 3.8) is 0 Å². The zero-order valence-corrected chi connectivity index (χ0v) is 41.2. The number of carbonyl (C=O) groups excluding carboxylic acids is 2.